The van der Waals surface area contributed by atoms with Gasteiger partial charge in [0.15, 0.2) is 0 Å². The van der Waals surface area contributed by atoms with Gasteiger partial charge in [-0.3, -0.25) is 4.79 Å². The van der Waals surface area contributed by atoms with Crippen molar-refractivity contribution in [1.82, 2.24) is 0 Å². The zero-order valence-corrected chi connectivity index (χ0v) is 17.4. The quantitative estimate of drug-likeness (QED) is 0.477. The Morgan fingerprint density at radius 3 is 2.21 bits per heavy atom. The second-order valence-electron chi connectivity index (χ2n) is 5.92. The lowest BCUT2D eigenvalue weighted by Crippen LogP contribution is -2.23. The molecule has 0 fully saturated rings. The molecule has 0 radical (unpaired) electrons. The molecule has 0 atom stereocenters. The van der Waals surface area contributed by atoms with Crippen LogP contribution in [0.5, 0.6) is 0 Å². The standard InChI is InChI=1S/C18H10Cl4F3N3O/c1-8-11(7-26-15-3-2-10(19)6-12(15)20)17(29)28(27-8)16-13(21)4-9(5-14(16)22)18(23,24)25/h2-7,26H,1H3. The van der Waals surface area contributed by atoms with Gasteiger partial charge in [-0.05, 0) is 37.3 Å². The molecule has 1 aliphatic rings. The van der Waals surface area contributed by atoms with E-state index in [9.17, 15) is 18.0 Å². The van der Waals surface area contributed by atoms with Gasteiger partial charge in [0.2, 0.25) is 0 Å². The third kappa shape index (κ3) is 4.48. The van der Waals surface area contributed by atoms with E-state index in [1.807, 2.05) is 0 Å². The molecule has 0 bridgehead atoms. The molecule has 0 aromatic heterocycles. The van der Waals surface area contributed by atoms with Crippen LogP contribution in [0.3, 0.4) is 0 Å². The first-order chi connectivity index (χ1) is 13.5. The highest BCUT2D eigenvalue weighted by atomic mass is 35.5. The normalized spacial score (nSPS) is 15.9. The van der Waals surface area contributed by atoms with Gasteiger partial charge >= 0.3 is 6.18 Å². The molecule has 1 amide bonds. The molecule has 0 spiro atoms. The molecule has 1 N–H and O–H groups in total. The maximum atomic E-state index is 12.9. The lowest BCUT2D eigenvalue weighted by atomic mass is 10.1. The summed E-state index contributed by atoms with van der Waals surface area (Å²) in [7, 11) is 0. The molecule has 0 saturated carbocycles. The molecule has 152 valence electrons. The summed E-state index contributed by atoms with van der Waals surface area (Å²) in [6, 6.07) is 6.13. The van der Waals surface area contributed by atoms with Crippen LogP contribution in [-0.4, -0.2) is 11.6 Å². The molecule has 11 heteroatoms. The Labute approximate surface area is 183 Å². The Bertz CT molecular complexity index is 1040. The first kappa shape index (κ1) is 21.8. The number of hydrazone groups is 1. The third-order valence-corrected chi connectivity index (χ3v) is 5.05. The number of nitrogens with zero attached hydrogens (tertiary/aromatic N) is 2. The summed E-state index contributed by atoms with van der Waals surface area (Å²) in [5.74, 6) is -0.622. The minimum absolute atomic E-state index is 0.140. The van der Waals surface area contributed by atoms with E-state index >= 15 is 0 Å². The first-order valence-electron chi connectivity index (χ1n) is 7.87. The average Bonchev–Trinajstić information content (AvgIpc) is 2.87. The molecule has 29 heavy (non-hydrogen) atoms. The van der Waals surface area contributed by atoms with E-state index in [0.717, 1.165) is 5.01 Å². The van der Waals surface area contributed by atoms with Crippen molar-refractivity contribution in [3.8, 4) is 0 Å². The maximum absolute atomic E-state index is 12.9. The minimum atomic E-state index is -4.63. The smallest absolute Gasteiger partial charge is 0.360 e. The summed E-state index contributed by atoms with van der Waals surface area (Å²) in [5, 5.41) is 7.87. The van der Waals surface area contributed by atoms with Crippen LogP contribution in [-0.2, 0) is 11.0 Å². The molecular formula is C18H10Cl4F3N3O. The third-order valence-electron chi connectivity index (χ3n) is 3.92. The highest BCUT2D eigenvalue weighted by molar-refractivity contribution is 6.42. The van der Waals surface area contributed by atoms with Gasteiger partial charge in [0, 0.05) is 11.2 Å². The van der Waals surface area contributed by atoms with Crippen LogP contribution < -0.4 is 10.3 Å². The number of carbonyl (C=O) groups is 1. The highest BCUT2D eigenvalue weighted by Crippen LogP contribution is 2.42. The zero-order valence-electron chi connectivity index (χ0n) is 14.4. The molecule has 4 nitrogen and oxygen atoms in total. The molecule has 0 saturated heterocycles. The summed E-state index contributed by atoms with van der Waals surface area (Å²) < 4.78 is 38.7. The number of benzene rings is 2. The minimum Gasteiger partial charge on any atom is -0.360 e. The lowest BCUT2D eigenvalue weighted by Gasteiger charge is -2.17. The second kappa shape index (κ2) is 8.07. The fourth-order valence-electron chi connectivity index (χ4n) is 2.52. The topological polar surface area (TPSA) is 44.7 Å². The van der Waals surface area contributed by atoms with Gasteiger partial charge in [0.1, 0.15) is 5.69 Å². The van der Waals surface area contributed by atoms with Gasteiger partial charge in [0.25, 0.3) is 5.91 Å². The van der Waals surface area contributed by atoms with E-state index < -0.39 is 17.6 Å². The van der Waals surface area contributed by atoms with Crippen LogP contribution in [0.1, 0.15) is 12.5 Å². The average molecular weight is 483 g/mol. The summed E-state index contributed by atoms with van der Waals surface area (Å²) in [6.45, 7) is 1.56. The zero-order chi connectivity index (χ0) is 21.5. The Morgan fingerprint density at radius 1 is 1.03 bits per heavy atom. The number of halogens is 7. The number of anilines is 2. The number of amides is 1. The molecule has 0 aliphatic carbocycles. The Hall–Kier alpha value is -1.93. The first-order valence-corrected chi connectivity index (χ1v) is 9.38. The number of hydrogen-bond donors (Lipinski definition) is 1. The predicted molar refractivity (Wildman–Crippen MR) is 110 cm³/mol. The summed E-state index contributed by atoms with van der Waals surface area (Å²) in [4.78, 5) is 12.8. The van der Waals surface area contributed by atoms with Crippen molar-refractivity contribution in [2.45, 2.75) is 13.1 Å². The number of rotatable bonds is 3. The molecular weight excluding hydrogens is 473 g/mol. The van der Waals surface area contributed by atoms with E-state index in [2.05, 4.69) is 10.4 Å². The number of hydrogen-bond acceptors (Lipinski definition) is 3. The Morgan fingerprint density at radius 2 is 1.66 bits per heavy atom. The van der Waals surface area contributed by atoms with Crippen LogP contribution in [0.4, 0.5) is 24.5 Å². The van der Waals surface area contributed by atoms with Crippen molar-refractivity contribution in [2.75, 3.05) is 10.3 Å². The summed E-state index contributed by atoms with van der Waals surface area (Å²) in [5.41, 5.74) is -0.215. The lowest BCUT2D eigenvalue weighted by molar-refractivity contribution is -0.137. The molecule has 1 heterocycles. The molecule has 2 aromatic carbocycles. The maximum Gasteiger partial charge on any atom is 0.416 e. The van der Waals surface area contributed by atoms with Gasteiger partial charge in [0.05, 0.1) is 37.6 Å². The largest absolute Gasteiger partial charge is 0.416 e. The van der Waals surface area contributed by atoms with Crippen molar-refractivity contribution in [3.63, 3.8) is 0 Å². The van der Waals surface area contributed by atoms with Crippen molar-refractivity contribution in [1.29, 1.82) is 0 Å². The Balaban J connectivity index is 1.92. The van der Waals surface area contributed by atoms with Crippen molar-refractivity contribution >= 4 is 69.4 Å². The van der Waals surface area contributed by atoms with Crippen LogP contribution >= 0.6 is 46.4 Å². The van der Waals surface area contributed by atoms with Crippen LogP contribution in [0.15, 0.2) is 47.2 Å². The highest BCUT2D eigenvalue weighted by Gasteiger charge is 2.36. The van der Waals surface area contributed by atoms with Crippen molar-refractivity contribution < 1.29 is 18.0 Å². The van der Waals surface area contributed by atoms with E-state index in [-0.39, 0.29) is 21.3 Å². The van der Waals surface area contributed by atoms with Crippen LogP contribution in [0.2, 0.25) is 20.1 Å². The van der Waals surface area contributed by atoms with Crippen LogP contribution in [0.25, 0.3) is 0 Å². The monoisotopic (exact) mass is 481 g/mol. The van der Waals surface area contributed by atoms with E-state index in [1.165, 1.54) is 12.3 Å². The van der Waals surface area contributed by atoms with E-state index in [4.69, 9.17) is 46.4 Å². The number of carbonyl (C=O) groups excluding carboxylic acids is 1. The van der Waals surface area contributed by atoms with Gasteiger partial charge in [-0.1, -0.05) is 46.4 Å². The van der Waals surface area contributed by atoms with Gasteiger partial charge < -0.3 is 5.32 Å². The fourth-order valence-corrected chi connectivity index (χ4v) is 3.63. The predicted octanol–water partition coefficient (Wildman–Crippen LogP) is 7.04. The van der Waals surface area contributed by atoms with Gasteiger partial charge in [-0.2, -0.15) is 23.3 Å². The Kier molecular flexibility index (Phi) is 6.06. The molecule has 0 unspecified atom stereocenters. The fraction of sp³-hybridized carbons (Fsp3) is 0.111. The number of alkyl halides is 3. The summed E-state index contributed by atoms with van der Waals surface area (Å²) >= 11 is 23.9. The molecule has 3 rings (SSSR count). The van der Waals surface area contributed by atoms with Crippen molar-refractivity contribution in [3.05, 3.63) is 67.8 Å². The van der Waals surface area contributed by atoms with Gasteiger partial charge in [-0.25, -0.2) is 0 Å². The SMILES string of the molecule is CC1=NN(c2c(Cl)cc(C(F)(F)F)cc2Cl)C(=O)C1=CNc1ccc(Cl)cc1Cl. The molecule has 2 aromatic rings. The van der Waals surface area contributed by atoms with E-state index in [0.29, 0.717) is 33.6 Å². The van der Waals surface area contributed by atoms with Crippen LogP contribution in [0, 0.1) is 0 Å². The number of nitrogens with one attached hydrogen (secondary N) is 1. The second-order valence-corrected chi connectivity index (χ2v) is 7.57. The summed E-state index contributed by atoms with van der Waals surface area (Å²) in [6.07, 6.45) is -3.25. The van der Waals surface area contributed by atoms with Crippen molar-refractivity contribution in [2.24, 2.45) is 5.10 Å². The van der Waals surface area contributed by atoms with Gasteiger partial charge in [-0.15, -0.1) is 0 Å². The molecule has 1 aliphatic heterocycles. The van der Waals surface area contributed by atoms with E-state index in [1.54, 1.807) is 19.1 Å².